The largest absolute Gasteiger partial charge is 0.339 e. The standard InChI is InChI=1S/C12H13BrN4/c1-4-10(8(2)3)14-12-15-11-6-5-9(13)7-17(11)16-12/h1,5-8,10H,2-3H3,(H,14,16). The number of terminal acetylenes is 1. The van der Waals surface area contributed by atoms with E-state index >= 15 is 0 Å². The minimum atomic E-state index is -0.0594. The van der Waals surface area contributed by atoms with E-state index in [-0.39, 0.29) is 6.04 Å². The molecule has 17 heavy (non-hydrogen) atoms. The van der Waals surface area contributed by atoms with Gasteiger partial charge in [-0.25, -0.2) is 4.52 Å². The first-order valence-electron chi connectivity index (χ1n) is 5.35. The molecular weight excluding hydrogens is 280 g/mol. The predicted molar refractivity (Wildman–Crippen MR) is 71.8 cm³/mol. The molecule has 2 heterocycles. The van der Waals surface area contributed by atoms with Crippen LogP contribution in [0.5, 0.6) is 0 Å². The Hall–Kier alpha value is -1.54. The second-order valence-corrected chi connectivity index (χ2v) is 5.03. The summed E-state index contributed by atoms with van der Waals surface area (Å²) in [7, 11) is 0. The van der Waals surface area contributed by atoms with Crippen molar-refractivity contribution in [3.8, 4) is 12.3 Å². The minimum Gasteiger partial charge on any atom is -0.339 e. The zero-order chi connectivity index (χ0) is 12.4. The molecule has 88 valence electrons. The molecule has 0 fully saturated rings. The average Bonchev–Trinajstić information content (AvgIpc) is 2.66. The van der Waals surface area contributed by atoms with Gasteiger partial charge in [-0.05, 0) is 34.0 Å². The third kappa shape index (κ3) is 2.59. The van der Waals surface area contributed by atoms with E-state index in [0.717, 1.165) is 10.1 Å². The Balaban J connectivity index is 2.28. The highest BCUT2D eigenvalue weighted by atomic mass is 79.9. The number of pyridine rings is 1. The molecule has 1 atom stereocenters. The van der Waals surface area contributed by atoms with E-state index in [9.17, 15) is 0 Å². The Morgan fingerprint density at radius 1 is 1.47 bits per heavy atom. The number of rotatable bonds is 3. The van der Waals surface area contributed by atoms with Crippen molar-refractivity contribution in [3.05, 3.63) is 22.8 Å². The third-order valence-corrected chi connectivity index (χ3v) is 2.89. The second-order valence-electron chi connectivity index (χ2n) is 4.12. The zero-order valence-corrected chi connectivity index (χ0v) is 11.3. The molecule has 0 aromatic carbocycles. The van der Waals surface area contributed by atoms with Crippen LogP contribution in [0.25, 0.3) is 5.65 Å². The van der Waals surface area contributed by atoms with Crippen LogP contribution in [0.2, 0.25) is 0 Å². The highest BCUT2D eigenvalue weighted by Gasteiger charge is 2.12. The van der Waals surface area contributed by atoms with Crippen LogP contribution >= 0.6 is 15.9 Å². The molecule has 0 amide bonds. The lowest BCUT2D eigenvalue weighted by molar-refractivity contribution is 0.610. The topological polar surface area (TPSA) is 42.2 Å². The van der Waals surface area contributed by atoms with E-state index in [4.69, 9.17) is 6.42 Å². The van der Waals surface area contributed by atoms with Gasteiger partial charge in [-0.15, -0.1) is 11.5 Å². The van der Waals surface area contributed by atoms with Gasteiger partial charge >= 0.3 is 0 Å². The molecule has 1 unspecified atom stereocenters. The molecule has 0 radical (unpaired) electrons. The number of hydrogen-bond acceptors (Lipinski definition) is 3. The fraction of sp³-hybridized carbons (Fsp3) is 0.333. The van der Waals surface area contributed by atoms with Crippen LogP contribution in [-0.4, -0.2) is 20.6 Å². The van der Waals surface area contributed by atoms with Gasteiger partial charge in [0.1, 0.15) is 0 Å². The van der Waals surface area contributed by atoms with Crippen molar-refractivity contribution in [1.29, 1.82) is 0 Å². The summed E-state index contributed by atoms with van der Waals surface area (Å²) in [6.07, 6.45) is 7.31. The monoisotopic (exact) mass is 292 g/mol. The first-order chi connectivity index (χ1) is 8.10. The number of anilines is 1. The van der Waals surface area contributed by atoms with Crippen LogP contribution < -0.4 is 5.32 Å². The Labute approximate surface area is 109 Å². The molecular formula is C12H13BrN4. The van der Waals surface area contributed by atoms with Crippen LogP contribution in [0.15, 0.2) is 22.8 Å². The average molecular weight is 293 g/mol. The fourth-order valence-corrected chi connectivity index (χ4v) is 1.79. The maximum atomic E-state index is 5.46. The third-order valence-electron chi connectivity index (χ3n) is 2.43. The molecule has 0 aliphatic heterocycles. The lowest BCUT2D eigenvalue weighted by Crippen LogP contribution is -2.24. The van der Waals surface area contributed by atoms with E-state index in [1.807, 2.05) is 18.3 Å². The molecule has 0 aliphatic rings. The number of nitrogens with one attached hydrogen (secondary N) is 1. The molecule has 0 aliphatic carbocycles. The summed E-state index contributed by atoms with van der Waals surface area (Å²) in [5.74, 6) is 3.58. The molecule has 0 saturated carbocycles. The molecule has 2 aromatic heterocycles. The smallest absolute Gasteiger partial charge is 0.244 e. The van der Waals surface area contributed by atoms with Crippen molar-refractivity contribution >= 4 is 27.5 Å². The summed E-state index contributed by atoms with van der Waals surface area (Å²) in [6.45, 7) is 4.12. The van der Waals surface area contributed by atoms with Gasteiger partial charge in [0, 0.05) is 10.7 Å². The van der Waals surface area contributed by atoms with Gasteiger partial charge in [0.2, 0.25) is 5.95 Å². The van der Waals surface area contributed by atoms with Gasteiger partial charge in [-0.1, -0.05) is 19.8 Å². The fourth-order valence-electron chi connectivity index (χ4n) is 1.46. The van der Waals surface area contributed by atoms with Crippen molar-refractivity contribution in [2.24, 2.45) is 5.92 Å². The highest BCUT2D eigenvalue weighted by molar-refractivity contribution is 9.10. The van der Waals surface area contributed by atoms with Crippen LogP contribution in [0.1, 0.15) is 13.8 Å². The normalized spacial score (nSPS) is 12.6. The van der Waals surface area contributed by atoms with E-state index in [1.54, 1.807) is 4.52 Å². The predicted octanol–water partition coefficient (Wildman–Crippen LogP) is 2.56. The maximum absolute atomic E-state index is 5.46. The Bertz CT molecular complexity index is 567. The molecule has 0 saturated heterocycles. The Kier molecular flexibility index (Phi) is 3.34. The summed E-state index contributed by atoms with van der Waals surface area (Å²) in [5.41, 5.74) is 0.787. The van der Waals surface area contributed by atoms with Crippen molar-refractivity contribution in [3.63, 3.8) is 0 Å². The second kappa shape index (κ2) is 4.76. The van der Waals surface area contributed by atoms with Crippen LogP contribution in [0.3, 0.4) is 0 Å². The summed E-state index contributed by atoms with van der Waals surface area (Å²) < 4.78 is 2.67. The first kappa shape index (κ1) is 11.9. The molecule has 1 N–H and O–H groups in total. The van der Waals surface area contributed by atoms with Gasteiger partial charge < -0.3 is 5.32 Å². The van der Waals surface area contributed by atoms with E-state index in [1.165, 1.54) is 0 Å². The van der Waals surface area contributed by atoms with E-state index in [2.05, 4.69) is 51.1 Å². The highest BCUT2D eigenvalue weighted by Crippen LogP contribution is 2.13. The SMILES string of the molecule is C#CC(Nc1nc2ccc(Br)cn2n1)C(C)C. The number of fused-ring (bicyclic) bond motifs is 1. The quantitative estimate of drug-likeness (QED) is 0.884. The van der Waals surface area contributed by atoms with Crippen molar-refractivity contribution in [2.45, 2.75) is 19.9 Å². The lowest BCUT2D eigenvalue weighted by atomic mass is 10.1. The van der Waals surface area contributed by atoms with Gasteiger partial charge in [-0.2, -0.15) is 4.98 Å². The Morgan fingerprint density at radius 3 is 2.88 bits per heavy atom. The van der Waals surface area contributed by atoms with Gasteiger partial charge in [0.25, 0.3) is 0 Å². The van der Waals surface area contributed by atoms with Crippen LogP contribution in [-0.2, 0) is 0 Å². The summed E-state index contributed by atoms with van der Waals surface area (Å²) in [4.78, 5) is 4.35. The van der Waals surface area contributed by atoms with Crippen LogP contribution in [0, 0.1) is 18.3 Å². The van der Waals surface area contributed by atoms with Crippen LogP contribution in [0.4, 0.5) is 5.95 Å². The van der Waals surface area contributed by atoms with Gasteiger partial charge in [0.05, 0.1) is 6.04 Å². The lowest BCUT2D eigenvalue weighted by Gasteiger charge is -2.14. The molecule has 0 spiro atoms. The molecule has 2 aromatic rings. The molecule has 4 nitrogen and oxygen atoms in total. The minimum absolute atomic E-state index is 0.0594. The van der Waals surface area contributed by atoms with E-state index < -0.39 is 0 Å². The van der Waals surface area contributed by atoms with Gasteiger partial charge in [0.15, 0.2) is 5.65 Å². The maximum Gasteiger partial charge on any atom is 0.244 e. The van der Waals surface area contributed by atoms with Crippen molar-refractivity contribution in [2.75, 3.05) is 5.32 Å². The van der Waals surface area contributed by atoms with E-state index in [0.29, 0.717) is 11.9 Å². The number of nitrogens with zero attached hydrogens (tertiary/aromatic N) is 3. The number of halogens is 1. The first-order valence-corrected chi connectivity index (χ1v) is 6.14. The number of hydrogen-bond donors (Lipinski definition) is 1. The summed E-state index contributed by atoms with van der Waals surface area (Å²) >= 11 is 3.39. The van der Waals surface area contributed by atoms with Crippen molar-refractivity contribution < 1.29 is 0 Å². The molecule has 5 heteroatoms. The Morgan fingerprint density at radius 2 is 2.24 bits per heavy atom. The summed E-state index contributed by atoms with van der Waals surface area (Å²) in [5, 5.41) is 7.46. The molecule has 2 rings (SSSR count). The summed E-state index contributed by atoms with van der Waals surface area (Å²) in [6, 6.07) is 3.76. The zero-order valence-electron chi connectivity index (χ0n) is 9.68. The van der Waals surface area contributed by atoms with Gasteiger partial charge in [-0.3, -0.25) is 0 Å². The van der Waals surface area contributed by atoms with Crippen molar-refractivity contribution in [1.82, 2.24) is 14.6 Å². The molecule has 0 bridgehead atoms. The number of aromatic nitrogens is 3.